The summed E-state index contributed by atoms with van der Waals surface area (Å²) >= 11 is 1.54. The summed E-state index contributed by atoms with van der Waals surface area (Å²) in [7, 11) is 0. The topological polar surface area (TPSA) is 62.7 Å². The van der Waals surface area contributed by atoms with Crippen LogP contribution in [0.1, 0.15) is 30.7 Å². The first-order valence-electron chi connectivity index (χ1n) is 8.90. The van der Waals surface area contributed by atoms with E-state index in [1.54, 1.807) is 12.1 Å². The van der Waals surface area contributed by atoms with Crippen LogP contribution in [0, 0.1) is 12.1 Å². The Morgan fingerprint density at radius 3 is 2.69 bits per heavy atom. The number of nitrogens with zero attached hydrogens (tertiary/aromatic N) is 3. The van der Waals surface area contributed by atoms with E-state index in [0.717, 1.165) is 55.1 Å². The lowest BCUT2D eigenvalue weighted by Gasteiger charge is -2.30. The third-order valence-electron chi connectivity index (χ3n) is 4.44. The Morgan fingerprint density at radius 2 is 1.96 bits per heavy atom. The molecule has 26 heavy (non-hydrogen) atoms. The fourth-order valence-electron chi connectivity index (χ4n) is 3.06. The third kappa shape index (κ3) is 5.32. The standard InChI is InChI=1S/C20H24N3O2S/c1-16-6-4-8-18(21-16)9-5-7-17-12-14-22(15-13-17)26-20-11-3-2-10-19(20)23(24)25/h2-4,6-8,10-11,24H,5,9,12-15H2,1H3/q-1. The van der Waals surface area contributed by atoms with Gasteiger partial charge in [0.2, 0.25) is 0 Å². The van der Waals surface area contributed by atoms with Crippen molar-refractivity contribution in [1.29, 1.82) is 0 Å². The van der Waals surface area contributed by atoms with E-state index in [2.05, 4.69) is 27.5 Å². The molecule has 1 fully saturated rings. The van der Waals surface area contributed by atoms with Gasteiger partial charge in [-0.05, 0) is 68.8 Å². The molecule has 1 aliphatic rings. The van der Waals surface area contributed by atoms with Crippen molar-refractivity contribution in [3.05, 3.63) is 70.7 Å². The molecule has 0 bridgehead atoms. The number of anilines is 1. The van der Waals surface area contributed by atoms with Crippen LogP contribution in [-0.2, 0) is 6.42 Å². The first-order valence-corrected chi connectivity index (χ1v) is 9.67. The smallest absolute Gasteiger partial charge is 0.0657 e. The van der Waals surface area contributed by atoms with E-state index in [0.29, 0.717) is 5.69 Å². The zero-order chi connectivity index (χ0) is 18.4. The van der Waals surface area contributed by atoms with E-state index in [4.69, 9.17) is 0 Å². The normalized spacial score (nSPS) is 15.1. The highest BCUT2D eigenvalue weighted by atomic mass is 32.2. The van der Waals surface area contributed by atoms with Gasteiger partial charge in [0.1, 0.15) is 0 Å². The number of hydrogen-bond donors (Lipinski definition) is 1. The van der Waals surface area contributed by atoms with E-state index in [-0.39, 0.29) is 5.23 Å². The minimum Gasteiger partial charge on any atom is -0.733 e. The summed E-state index contributed by atoms with van der Waals surface area (Å²) in [5.41, 5.74) is 4.01. The molecule has 6 heteroatoms. The van der Waals surface area contributed by atoms with Gasteiger partial charge in [0, 0.05) is 29.4 Å². The molecule has 0 spiro atoms. The van der Waals surface area contributed by atoms with Gasteiger partial charge in [0.15, 0.2) is 0 Å². The number of benzene rings is 1. The molecule has 138 valence electrons. The largest absolute Gasteiger partial charge is 0.733 e. The summed E-state index contributed by atoms with van der Waals surface area (Å²) < 4.78 is 2.25. The van der Waals surface area contributed by atoms with Crippen LogP contribution in [0.3, 0.4) is 0 Å². The van der Waals surface area contributed by atoms with Crippen molar-refractivity contribution in [3.8, 4) is 0 Å². The number of allylic oxidation sites excluding steroid dienone is 1. The van der Waals surface area contributed by atoms with Gasteiger partial charge in [-0.2, -0.15) is 0 Å². The van der Waals surface area contributed by atoms with E-state index >= 15 is 0 Å². The molecule has 1 N–H and O–H groups in total. The number of aryl methyl sites for hydroxylation is 2. The molecule has 3 rings (SSSR count). The molecule has 2 heterocycles. The van der Waals surface area contributed by atoms with E-state index in [9.17, 15) is 10.4 Å². The summed E-state index contributed by atoms with van der Waals surface area (Å²) in [5.74, 6) is 0. The lowest BCUT2D eigenvalue weighted by molar-refractivity contribution is 0.294. The number of rotatable bonds is 6. The monoisotopic (exact) mass is 370 g/mol. The Bertz CT molecular complexity index is 754. The second kappa shape index (κ2) is 9.19. The van der Waals surface area contributed by atoms with Crippen molar-refractivity contribution in [2.24, 2.45) is 0 Å². The highest BCUT2D eigenvalue weighted by Gasteiger charge is 2.16. The van der Waals surface area contributed by atoms with Gasteiger partial charge in [-0.25, -0.2) is 4.31 Å². The summed E-state index contributed by atoms with van der Waals surface area (Å²) in [5, 5.41) is 20.4. The Balaban J connectivity index is 1.48. The molecule has 0 saturated carbocycles. The highest BCUT2D eigenvalue weighted by Crippen LogP contribution is 2.34. The van der Waals surface area contributed by atoms with Gasteiger partial charge in [0.05, 0.1) is 5.69 Å². The zero-order valence-electron chi connectivity index (χ0n) is 15.0. The van der Waals surface area contributed by atoms with Crippen molar-refractivity contribution < 1.29 is 5.21 Å². The number of aromatic nitrogens is 1. The maximum atomic E-state index is 11.2. The van der Waals surface area contributed by atoms with E-state index < -0.39 is 0 Å². The van der Waals surface area contributed by atoms with Crippen LogP contribution in [0.2, 0.25) is 0 Å². The minimum atomic E-state index is -0.0586. The second-order valence-electron chi connectivity index (χ2n) is 6.43. The van der Waals surface area contributed by atoms with Gasteiger partial charge in [0.25, 0.3) is 0 Å². The minimum absolute atomic E-state index is 0.0586. The molecule has 1 aliphatic heterocycles. The van der Waals surface area contributed by atoms with Crippen molar-refractivity contribution in [1.82, 2.24) is 9.29 Å². The molecule has 0 atom stereocenters. The average molecular weight is 370 g/mol. The molecule has 0 amide bonds. The first-order chi connectivity index (χ1) is 12.6. The molecular weight excluding hydrogens is 346 g/mol. The molecule has 1 aromatic carbocycles. The lowest BCUT2D eigenvalue weighted by Crippen LogP contribution is -2.24. The molecule has 5 nitrogen and oxygen atoms in total. The molecule has 0 aliphatic carbocycles. The van der Waals surface area contributed by atoms with Crippen molar-refractivity contribution in [3.63, 3.8) is 0 Å². The van der Waals surface area contributed by atoms with Crippen molar-refractivity contribution in [2.45, 2.75) is 37.5 Å². The Hall–Kier alpha value is -1.86. The molecule has 0 unspecified atom stereocenters. The second-order valence-corrected chi connectivity index (χ2v) is 7.57. The quantitative estimate of drug-likeness (QED) is 0.450. The Kier molecular flexibility index (Phi) is 6.68. The predicted molar refractivity (Wildman–Crippen MR) is 106 cm³/mol. The Morgan fingerprint density at radius 1 is 1.19 bits per heavy atom. The van der Waals surface area contributed by atoms with Gasteiger partial charge >= 0.3 is 0 Å². The third-order valence-corrected chi connectivity index (χ3v) is 5.61. The molecule has 1 aromatic heterocycles. The van der Waals surface area contributed by atoms with Gasteiger partial charge in [-0.15, -0.1) is 0 Å². The predicted octanol–water partition coefficient (Wildman–Crippen LogP) is 4.75. The van der Waals surface area contributed by atoms with Crippen molar-refractivity contribution >= 4 is 17.6 Å². The Labute approximate surface area is 159 Å². The fraction of sp³-hybridized carbons (Fsp3) is 0.350. The summed E-state index contributed by atoms with van der Waals surface area (Å²) in [4.78, 5) is 5.33. The summed E-state index contributed by atoms with van der Waals surface area (Å²) in [6, 6.07) is 13.3. The van der Waals surface area contributed by atoms with Gasteiger partial charge in [-0.3, -0.25) is 10.2 Å². The fourth-order valence-corrected chi connectivity index (χ4v) is 4.09. The van der Waals surface area contributed by atoms with Crippen LogP contribution in [-0.4, -0.2) is 27.6 Å². The summed E-state index contributed by atoms with van der Waals surface area (Å²) in [6.45, 7) is 3.91. The molecule has 1 saturated heterocycles. The highest BCUT2D eigenvalue weighted by molar-refractivity contribution is 7.97. The number of para-hydroxylation sites is 1. The molecule has 2 aromatic rings. The van der Waals surface area contributed by atoms with E-state index in [1.165, 1.54) is 17.5 Å². The van der Waals surface area contributed by atoms with Gasteiger partial charge in [-0.1, -0.05) is 29.8 Å². The average Bonchev–Trinajstić information content (AvgIpc) is 2.63. The molecular formula is C20H24N3O2S-. The van der Waals surface area contributed by atoms with Crippen LogP contribution in [0.4, 0.5) is 5.69 Å². The maximum absolute atomic E-state index is 11.2. The molecule has 0 radical (unpaired) electrons. The number of piperidine rings is 1. The first kappa shape index (κ1) is 18.9. The van der Waals surface area contributed by atoms with Crippen LogP contribution in [0.25, 0.3) is 0 Å². The van der Waals surface area contributed by atoms with Crippen LogP contribution < -0.4 is 5.23 Å². The summed E-state index contributed by atoms with van der Waals surface area (Å²) in [6.07, 6.45) is 6.44. The SMILES string of the molecule is Cc1cccc(CCC=C2CCN(Sc3ccccc3N([O-])O)CC2)n1. The van der Waals surface area contributed by atoms with Gasteiger partial charge < -0.3 is 10.4 Å². The van der Waals surface area contributed by atoms with Crippen LogP contribution in [0.5, 0.6) is 0 Å². The zero-order valence-corrected chi connectivity index (χ0v) is 15.8. The lowest BCUT2D eigenvalue weighted by atomic mass is 10.0. The maximum Gasteiger partial charge on any atom is 0.0657 e. The van der Waals surface area contributed by atoms with E-state index in [1.807, 2.05) is 25.1 Å². The number of hydrogen-bond acceptors (Lipinski definition) is 6. The van der Waals surface area contributed by atoms with Crippen molar-refractivity contribution in [2.75, 3.05) is 18.3 Å². The van der Waals surface area contributed by atoms with Crippen LogP contribution >= 0.6 is 11.9 Å². The number of pyridine rings is 1. The van der Waals surface area contributed by atoms with Crippen LogP contribution in [0.15, 0.2) is 59.0 Å².